The SMILES string of the molecule is O=C(CC1C=CCC1)NC1CCN(C(=O)C2CCCCC2)CC1. The van der Waals surface area contributed by atoms with Crippen LogP contribution < -0.4 is 5.32 Å². The molecule has 1 heterocycles. The smallest absolute Gasteiger partial charge is 0.225 e. The Hall–Kier alpha value is -1.32. The van der Waals surface area contributed by atoms with Crippen molar-refractivity contribution < 1.29 is 9.59 Å². The molecule has 0 bridgehead atoms. The Balaban J connectivity index is 1.38. The highest BCUT2D eigenvalue weighted by molar-refractivity contribution is 5.79. The number of piperidine rings is 1. The summed E-state index contributed by atoms with van der Waals surface area (Å²) in [4.78, 5) is 26.7. The first-order valence-corrected chi connectivity index (χ1v) is 9.47. The lowest BCUT2D eigenvalue weighted by Crippen LogP contribution is -2.48. The third kappa shape index (κ3) is 4.58. The molecule has 1 N–H and O–H groups in total. The summed E-state index contributed by atoms with van der Waals surface area (Å²) < 4.78 is 0. The average molecular weight is 318 g/mol. The molecule has 23 heavy (non-hydrogen) atoms. The van der Waals surface area contributed by atoms with E-state index in [0.29, 0.717) is 18.2 Å². The zero-order valence-corrected chi connectivity index (χ0v) is 14.1. The molecule has 0 aromatic rings. The molecule has 0 spiro atoms. The van der Waals surface area contributed by atoms with Gasteiger partial charge in [-0.25, -0.2) is 0 Å². The number of amides is 2. The van der Waals surface area contributed by atoms with E-state index >= 15 is 0 Å². The average Bonchev–Trinajstić information content (AvgIpc) is 3.08. The number of hydrogen-bond acceptors (Lipinski definition) is 2. The van der Waals surface area contributed by atoms with Crippen molar-refractivity contribution in [3.8, 4) is 0 Å². The van der Waals surface area contributed by atoms with Gasteiger partial charge in [-0.15, -0.1) is 0 Å². The highest BCUT2D eigenvalue weighted by Gasteiger charge is 2.29. The number of nitrogens with one attached hydrogen (secondary N) is 1. The third-order valence-electron chi connectivity index (χ3n) is 5.69. The lowest BCUT2D eigenvalue weighted by atomic mass is 9.87. The van der Waals surface area contributed by atoms with Crippen LogP contribution in [0, 0.1) is 11.8 Å². The van der Waals surface area contributed by atoms with Gasteiger partial charge in [0.05, 0.1) is 0 Å². The lowest BCUT2D eigenvalue weighted by Gasteiger charge is -2.35. The monoisotopic (exact) mass is 318 g/mol. The van der Waals surface area contributed by atoms with Crippen LogP contribution in [-0.2, 0) is 9.59 Å². The van der Waals surface area contributed by atoms with Gasteiger partial charge in [0.1, 0.15) is 0 Å². The van der Waals surface area contributed by atoms with E-state index in [9.17, 15) is 9.59 Å². The van der Waals surface area contributed by atoms with Gasteiger partial charge in [-0.2, -0.15) is 0 Å². The molecule has 2 amide bonds. The second-order valence-electron chi connectivity index (χ2n) is 7.47. The third-order valence-corrected chi connectivity index (χ3v) is 5.69. The van der Waals surface area contributed by atoms with Gasteiger partial charge in [-0.3, -0.25) is 9.59 Å². The highest BCUT2D eigenvalue weighted by Crippen LogP contribution is 2.26. The minimum atomic E-state index is 0.179. The summed E-state index contributed by atoms with van der Waals surface area (Å²) in [6, 6.07) is 0.253. The van der Waals surface area contributed by atoms with Crippen molar-refractivity contribution in [2.24, 2.45) is 11.8 Å². The molecule has 2 fully saturated rings. The van der Waals surface area contributed by atoms with E-state index < -0.39 is 0 Å². The van der Waals surface area contributed by atoms with Crippen LogP contribution in [0.5, 0.6) is 0 Å². The Labute approximate surface area is 139 Å². The molecule has 0 aromatic carbocycles. The number of rotatable bonds is 4. The molecule has 1 saturated heterocycles. The van der Waals surface area contributed by atoms with Crippen molar-refractivity contribution in [3.63, 3.8) is 0 Å². The van der Waals surface area contributed by atoms with Crippen LogP contribution in [0.1, 0.15) is 64.2 Å². The molecule has 3 aliphatic rings. The normalized spacial score (nSPS) is 26.4. The van der Waals surface area contributed by atoms with Gasteiger partial charge in [-0.1, -0.05) is 31.4 Å². The topological polar surface area (TPSA) is 49.4 Å². The molecule has 1 aliphatic heterocycles. The molecule has 128 valence electrons. The van der Waals surface area contributed by atoms with Crippen LogP contribution in [0.25, 0.3) is 0 Å². The molecule has 0 radical (unpaired) electrons. The molecular weight excluding hydrogens is 288 g/mol. The van der Waals surface area contributed by atoms with E-state index in [4.69, 9.17) is 0 Å². The van der Waals surface area contributed by atoms with E-state index in [1.165, 1.54) is 19.3 Å². The fourth-order valence-corrected chi connectivity index (χ4v) is 4.24. The standard InChI is InChI=1S/C19H30N2O2/c22-18(14-15-6-4-5-7-15)20-17-10-12-21(13-11-17)19(23)16-8-2-1-3-9-16/h4,6,15-17H,1-3,5,7-14H2,(H,20,22). The van der Waals surface area contributed by atoms with Gasteiger partial charge in [0.15, 0.2) is 0 Å². The van der Waals surface area contributed by atoms with Crippen molar-refractivity contribution in [1.29, 1.82) is 0 Å². The van der Waals surface area contributed by atoms with Gasteiger partial charge >= 0.3 is 0 Å². The van der Waals surface area contributed by atoms with E-state index in [1.54, 1.807) is 0 Å². The Morgan fingerprint density at radius 2 is 1.74 bits per heavy atom. The van der Waals surface area contributed by atoms with Crippen molar-refractivity contribution in [2.45, 2.75) is 70.3 Å². The van der Waals surface area contributed by atoms with Crippen molar-refractivity contribution in [2.75, 3.05) is 13.1 Å². The number of allylic oxidation sites excluding steroid dienone is 2. The Morgan fingerprint density at radius 3 is 2.39 bits per heavy atom. The minimum Gasteiger partial charge on any atom is -0.353 e. The molecule has 1 unspecified atom stereocenters. The lowest BCUT2D eigenvalue weighted by molar-refractivity contribution is -0.137. The second-order valence-corrected chi connectivity index (χ2v) is 7.47. The van der Waals surface area contributed by atoms with Gasteiger partial charge in [0.2, 0.25) is 11.8 Å². The van der Waals surface area contributed by atoms with Crippen molar-refractivity contribution >= 4 is 11.8 Å². The molecule has 0 aromatic heterocycles. The fourth-order valence-electron chi connectivity index (χ4n) is 4.24. The van der Waals surface area contributed by atoms with Crippen LogP contribution in [0.15, 0.2) is 12.2 Å². The number of nitrogens with zero attached hydrogens (tertiary/aromatic N) is 1. The molecule has 4 heteroatoms. The number of hydrogen-bond donors (Lipinski definition) is 1. The van der Waals surface area contributed by atoms with Crippen molar-refractivity contribution in [1.82, 2.24) is 10.2 Å². The summed E-state index contributed by atoms with van der Waals surface area (Å²) in [5.41, 5.74) is 0. The number of carbonyl (C=O) groups excluding carboxylic acids is 2. The second kappa shape index (κ2) is 7.98. The molecule has 2 aliphatic carbocycles. The largest absolute Gasteiger partial charge is 0.353 e. The summed E-state index contributed by atoms with van der Waals surface area (Å²) in [6.45, 7) is 1.62. The predicted octanol–water partition coefficient (Wildman–Crippen LogP) is 3.03. The zero-order valence-electron chi connectivity index (χ0n) is 14.1. The summed E-state index contributed by atoms with van der Waals surface area (Å²) in [6.07, 6.45) is 14.9. The van der Waals surface area contributed by atoms with Crippen LogP contribution in [0.3, 0.4) is 0 Å². The first-order valence-electron chi connectivity index (χ1n) is 9.47. The van der Waals surface area contributed by atoms with Crippen LogP contribution in [0.2, 0.25) is 0 Å². The Bertz CT molecular complexity index is 446. The van der Waals surface area contributed by atoms with Crippen molar-refractivity contribution in [3.05, 3.63) is 12.2 Å². The summed E-state index contributed by atoms with van der Waals surface area (Å²) >= 11 is 0. The molecule has 1 atom stereocenters. The summed E-state index contributed by atoms with van der Waals surface area (Å²) in [7, 11) is 0. The van der Waals surface area contributed by atoms with E-state index in [1.807, 2.05) is 4.90 Å². The van der Waals surface area contributed by atoms with Gasteiger partial charge in [0.25, 0.3) is 0 Å². The highest BCUT2D eigenvalue weighted by atomic mass is 16.2. The summed E-state index contributed by atoms with van der Waals surface area (Å²) in [5.74, 6) is 1.25. The fraction of sp³-hybridized carbons (Fsp3) is 0.789. The first kappa shape index (κ1) is 16.5. The Kier molecular flexibility index (Phi) is 5.74. The first-order chi connectivity index (χ1) is 11.2. The maximum Gasteiger partial charge on any atom is 0.225 e. The van der Waals surface area contributed by atoms with Crippen LogP contribution in [0.4, 0.5) is 0 Å². The van der Waals surface area contributed by atoms with E-state index in [0.717, 1.165) is 51.6 Å². The van der Waals surface area contributed by atoms with E-state index in [-0.39, 0.29) is 17.9 Å². The van der Waals surface area contributed by atoms with Gasteiger partial charge in [0, 0.05) is 31.5 Å². The Morgan fingerprint density at radius 1 is 1.00 bits per heavy atom. The summed E-state index contributed by atoms with van der Waals surface area (Å²) in [5, 5.41) is 3.17. The zero-order chi connectivity index (χ0) is 16.1. The quantitative estimate of drug-likeness (QED) is 0.810. The minimum absolute atomic E-state index is 0.179. The molecule has 4 nitrogen and oxygen atoms in total. The molecule has 1 saturated carbocycles. The molecule has 3 rings (SSSR count). The van der Waals surface area contributed by atoms with E-state index in [2.05, 4.69) is 17.5 Å². The number of carbonyl (C=O) groups is 2. The van der Waals surface area contributed by atoms with Gasteiger partial charge < -0.3 is 10.2 Å². The van der Waals surface area contributed by atoms with Crippen LogP contribution >= 0.6 is 0 Å². The van der Waals surface area contributed by atoms with Gasteiger partial charge in [-0.05, 0) is 44.4 Å². The van der Waals surface area contributed by atoms with Crippen LogP contribution in [-0.4, -0.2) is 35.8 Å². The maximum absolute atomic E-state index is 12.5. The molecular formula is C19H30N2O2. The maximum atomic E-state index is 12.5. The number of likely N-dealkylation sites (tertiary alicyclic amines) is 1. The predicted molar refractivity (Wildman–Crippen MR) is 90.8 cm³/mol.